The van der Waals surface area contributed by atoms with Crippen molar-refractivity contribution in [3.05, 3.63) is 44.6 Å². The lowest BCUT2D eigenvalue weighted by Crippen LogP contribution is -2.28. The Morgan fingerprint density at radius 3 is 2.79 bits per heavy atom. The van der Waals surface area contributed by atoms with Gasteiger partial charge in [0.25, 0.3) is 5.56 Å². The zero-order valence-electron chi connectivity index (χ0n) is 16.3. The fourth-order valence-electron chi connectivity index (χ4n) is 2.20. The van der Waals surface area contributed by atoms with E-state index in [1.165, 1.54) is 6.21 Å². The van der Waals surface area contributed by atoms with Gasteiger partial charge in [-0.3, -0.25) is 14.6 Å². The monoisotopic (exact) mass is 404 g/mol. The topological polar surface area (TPSA) is 151 Å². The van der Waals surface area contributed by atoms with Crippen LogP contribution in [-0.2, 0) is 4.79 Å². The van der Waals surface area contributed by atoms with E-state index >= 15 is 0 Å². The van der Waals surface area contributed by atoms with Crippen LogP contribution >= 0.6 is 0 Å². The molecule has 0 atom stereocenters. The molecule has 0 fully saturated rings. The summed E-state index contributed by atoms with van der Waals surface area (Å²) in [5.41, 5.74) is 1.76. The Kier molecular flexibility index (Phi) is 8.42. The number of rotatable bonds is 11. The number of anilines is 1. The summed E-state index contributed by atoms with van der Waals surface area (Å²) >= 11 is 0. The standard InChI is InChI=1S/C18H24N6O5/c1-3-9-29-13-6-5-12(10-14(13)28-4-2)11-20-22-15(25)7-8-19-16-17(26)21-18(27)24-23-16/h5-6,10-11H,3-4,7-9H2,1-2H3,(H,19,23)(H,22,25)(H2,21,24,26,27)/b20-11+. The van der Waals surface area contributed by atoms with Crippen molar-refractivity contribution in [3.63, 3.8) is 0 Å². The molecule has 1 heterocycles. The van der Waals surface area contributed by atoms with Gasteiger partial charge >= 0.3 is 5.69 Å². The molecule has 1 amide bonds. The highest BCUT2D eigenvalue weighted by atomic mass is 16.5. The Balaban J connectivity index is 1.84. The minimum atomic E-state index is -0.704. The van der Waals surface area contributed by atoms with Crippen LogP contribution in [-0.4, -0.2) is 47.1 Å². The third-order valence-corrected chi connectivity index (χ3v) is 3.49. The zero-order valence-corrected chi connectivity index (χ0v) is 16.3. The highest BCUT2D eigenvalue weighted by Crippen LogP contribution is 2.28. The molecule has 0 spiro atoms. The number of nitrogens with zero attached hydrogens (tertiary/aromatic N) is 2. The van der Waals surface area contributed by atoms with Crippen LogP contribution in [0.2, 0.25) is 0 Å². The van der Waals surface area contributed by atoms with Crippen molar-refractivity contribution in [3.8, 4) is 11.5 Å². The predicted molar refractivity (Wildman–Crippen MR) is 108 cm³/mol. The third-order valence-electron chi connectivity index (χ3n) is 3.49. The Labute approximate surface area is 166 Å². The van der Waals surface area contributed by atoms with E-state index in [2.05, 4.69) is 26.0 Å². The smallest absolute Gasteiger partial charge is 0.342 e. The number of nitrogens with one attached hydrogen (secondary N) is 4. The predicted octanol–water partition coefficient (Wildman–Crippen LogP) is 0.598. The summed E-state index contributed by atoms with van der Waals surface area (Å²) in [6.45, 7) is 5.14. The molecule has 11 nitrogen and oxygen atoms in total. The van der Waals surface area contributed by atoms with Crippen molar-refractivity contribution in [1.82, 2.24) is 20.6 Å². The van der Waals surface area contributed by atoms with Crippen molar-refractivity contribution >= 4 is 17.9 Å². The summed E-state index contributed by atoms with van der Waals surface area (Å²) in [6.07, 6.45) is 2.43. The van der Waals surface area contributed by atoms with Crippen LogP contribution in [0.5, 0.6) is 11.5 Å². The van der Waals surface area contributed by atoms with Gasteiger partial charge in [-0.25, -0.2) is 15.3 Å². The summed E-state index contributed by atoms with van der Waals surface area (Å²) in [5.74, 6) is 0.836. The van der Waals surface area contributed by atoms with Crippen LogP contribution in [0.4, 0.5) is 5.82 Å². The molecule has 0 aliphatic heterocycles. The Morgan fingerprint density at radius 2 is 2.07 bits per heavy atom. The molecule has 0 bridgehead atoms. The third kappa shape index (κ3) is 7.13. The van der Waals surface area contributed by atoms with E-state index in [1.807, 2.05) is 18.8 Å². The van der Waals surface area contributed by atoms with Gasteiger partial charge in [-0.15, -0.1) is 5.10 Å². The van der Waals surface area contributed by atoms with E-state index in [9.17, 15) is 14.4 Å². The number of carbonyl (C=O) groups excluding carboxylic acids is 1. The quantitative estimate of drug-likeness (QED) is 0.316. The van der Waals surface area contributed by atoms with Gasteiger partial charge in [-0.1, -0.05) is 6.92 Å². The maximum Gasteiger partial charge on any atom is 0.342 e. The minimum absolute atomic E-state index is 0.0472. The van der Waals surface area contributed by atoms with Gasteiger partial charge in [-0.05, 0) is 37.1 Å². The van der Waals surface area contributed by atoms with E-state index in [4.69, 9.17) is 9.47 Å². The van der Waals surface area contributed by atoms with Gasteiger partial charge < -0.3 is 14.8 Å². The molecule has 2 rings (SSSR count). The molecule has 0 unspecified atom stereocenters. The lowest BCUT2D eigenvalue weighted by molar-refractivity contribution is -0.120. The molecule has 156 valence electrons. The second-order valence-corrected chi connectivity index (χ2v) is 5.81. The first-order valence-electron chi connectivity index (χ1n) is 9.18. The maximum atomic E-state index is 11.8. The molecule has 1 aromatic heterocycles. The average Bonchev–Trinajstić information content (AvgIpc) is 2.69. The molecular formula is C18H24N6O5. The second kappa shape index (κ2) is 11.3. The van der Waals surface area contributed by atoms with Gasteiger partial charge in [0.15, 0.2) is 11.5 Å². The molecule has 2 aromatic rings. The molecule has 0 saturated heterocycles. The Bertz CT molecular complexity index is 952. The van der Waals surface area contributed by atoms with Crippen molar-refractivity contribution in [2.45, 2.75) is 26.7 Å². The van der Waals surface area contributed by atoms with Crippen LogP contribution in [0.15, 0.2) is 32.9 Å². The SMILES string of the molecule is CCCOc1ccc(/C=N/NC(=O)CCNc2n[nH]c(=O)[nH]c2=O)cc1OCC. The van der Waals surface area contributed by atoms with Crippen molar-refractivity contribution in [2.24, 2.45) is 5.10 Å². The fourth-order valence-corrected chi connectivity index (χ4v) is 2.20. The number of benzene rings is 1. The minimum Gasteiger partial charge on any atom is -0.490 e. The number of ether oxygens (including phenoxy) is 2. The lowest BCUT2D eigenvalue weighted by atomic mass is 10.2. The van der Waals surface area contributed by atoms with Crippen LogP contribution in [0.1, 0.15) is 32.3 Å². The normalized spacial score (nSPS) is 10.7. The Hall–Kier alpha value is -3.63. The Morgan fingerprint density at radius 1 is 1.24 bits per heavy atom. The first-order valence-corrected chi connectivity index (χ1v) is 9.18. The number of aromatic nitrogens is 3. The zero-order chi connectivity index (χ0) is 21.1. The first-order chi connectivity index (χ1) is 14.0. The number of aromatic amines is 2. The van der Waals surface area contributed by atoms with Crippen LogP contribution in [0.3, 0.4) is 0 Å². The number of H-pyrrole nitrogens is 2. The molecule has 0 aliphatic carbocycles. The highest BCUT2D eigenvalue weighted by Gasteiger charge is 2.06. The van der Waals surface area contributed by atoms with Gasteiger partial charge in [0.05, 0.1) is 19.4 Å². The average molecular weight is 404 g/mol. The molecule has 0 radical (unpaired) electrons. The maximum absolute atomic E-state index is 11.8. The second-order valence-electron chi connectivity index (χ2n) is 5.81. The van der Waals surface area contributed by atoms with Crippen LogP contribution in [0.25, 0.3) is 0 Å². The molecule has 29 heavy (non-hydrogen) atoms. The molecule has 11 heteroatoms. The molecule has 4 N–H and O–H groups in total. The van der Waals surface area contributed by atoms with Crippen LogP contribution < -0.4 is 31.5 Å². The molecule has 1 aromatic carbocycles. The number of carbonyl (C=O) groups is 1. The summed E-state index contributed by atoms with van der Waals surface area (Å²) in [5, 5.41) is 12.2. The number of amides is 1. The first kappa shape index (κ1) is 21.7. The van der Waals surface area contributed by atoms with Crippen LogP contribution in [0, 0.1) is 0 Å². The van der Waals surface area contributed by atoms with Crippen molar-refractivity contribution in [1.29, 1.82) is 0 Å². The van der Waals surface area contributed by atoms with Gasteiger partial charge in [0.2, 0.25) is 11.7 Å². The van der Waals surface area contributed by atoms with Crippen molar-refractivity contribution < 1.29 is 14.3 Å². The van der Waals surface area contributed by atoms with E-state index in [0.717, 1.165) is 12.0 Å². The molecular weight excluding hydrogens is 380 g/mol. The van der Waals surface area contributed by atoms with E-state index in [1.54, 1.807) is 18.2 Å². The van der Waals surface area contributed by atoms with Gasteiger partial charge in [-0.2, -0.15) is 5.10 Å². The van der Waals surface area contributed by atoms with E-state index in [-0.39, 0.29) is 24.7 Å². The van der Waals surface area contributed by atoms with Crippen molar-refractivity contribution in [2.75, 3.05) is 25.1 Å². The summed E-state index contributed by atoms with van der Waals surface area (Å²) in [6, 6.07) is 5.38. The molecule has 0 saturated carbocycles. The largest absolute Gasteiger partial charge is 0.490 e. The van der Waals surface area contributed by atoms with E-state index < -0.39 is 11.2 Å². The van der Waals surface area contributed by atoms with Gasteiger partial charge in [0, 0.05) is 13.0 Å². The summed E-state index contributed by atoms with van der Waals surface area (Å²) < 4.78 is 11.2. The number of hydrazone groups is 1. The highest BCUT2D eigenvalue weighted by molar-refractivity contribution is 5.83. The van der Waals surface area contributed by atoms with Gasteiger partial charge in [0.1, 0.15) is 0 Å². The van der Waals surface area contributed by atoms with E-state index in [0.29, 0.717) is 24.7 Å². The summed E-state index contributed by atoms with van der Waals surface area (Å²) in [7, 11) is 0. The molecule has 0 aliphatic rings. The lowest BCUT2D eigenvalue weighted by Gasteiger charge is -2.11. The number of hydrogen-bond acceptors (Lipinski definition) is 8. The number of hydrogen-bond donors (Lipinski definition) is 4. The summed E-state index contributed by atoms with van der Waals surface area (Å²) in [4.78, 5) is 36.2. The fraction of sp³-hybridized carbons (Fsp3) is 0.389.